The molecule has 116 valence electrons. The predicted octanol–water partition coefficient (Wildman–Crippen LogP) is 1.93. The molecule has 1 saturated heterocycles. The van der Waals surface area contributed by atoms with Crippen LogP contribution >= 0.6 is 0 Å². The fourth-order valence-electron chi connectivity index (χ4n) is 2.49. The lowest BCUT2D eigenvalue weighted by Crippen LogP contribution is -2.46. The summed E-state index contributed by atoms with van der Waals surface area (Å²) >= 11 is 0. The van der Waals surface area contributed by atoms with Crippen molar-refractivity contribution in [1.29, 1.82) is 0 Å². The van der Waals surface area contributed by atoms with Crippen molar-refractivity contribution < 1.29 is 18.3 Å². The van der Waals surface area contributed by atoms with Crippen LogP contribution in [0.25, 0.3) is 0 Å². The highest BCUT2D eigenvalue weighted by Gasteiger charge is 2.26. The summed E-state index contributed by atoms with van der Waals surface area (Å²) in [4.78, 5) is 13.8. The molecule has 1 aliphatic rings. The highest BCUT2D eigenvalue weighted by molar-refractivity contribution is 5.77. The molecular weight excluding hydrogens is 278 g/mol. The Morgan fingerprint density at radius 1 is 1.52 bits per heavy atom. The van der Waals surface area contributed by atoms with Gasteiger partial charge in [0.15, 0.2) is 18.2 Å². The van der Waals surface area contributed by atoms with Crippen molar-refractivity contribution in [2.24, 2.45) is 11.7 Å². The second kappa shape index (κ2) is 6.85. The monoisotopic (exact) mass is 298 g/mol. The second-order valence-electron chi connectivity index (χ2n) is 5.46. The van der Waals surface area contributed by atoms with Gasteiger partial charge < -0.3 is 15.4 Å². The Morgan fingerprint density at radius 2 is 2.29 bits per heavy atom. The lowest BCUT2D eigenvalue weighted by molar-refractivity contribution is -0.135. The molecule has 4 nitrogen and oxygen atoms in total. The molecule has 1 amide bonds. The molecular formula is C15H20F2N2O2. The van der Waals surface area contributed by atoms with E-state index in [1.807, 2.05) is 6.92 Å². The number of halogens is 2. The minimum Gasteiger partial charge on any atom is -0.481 e. The van der Waals surface area contributed by atoms with Gasteiger partial charge in [0.1, 0.15) is 5.82 Å². The van der Waals surface area contributed by atoms with Crippen LogP contribution in [0.5, 0.6) is 5.75 Å². The summed E-state index contributed by atoms with van der Waals surface area (Å²) in [7, 11) is 0. The molecule has 0 bridgehead atoms. The van der Waals surface area contributed by atoms with Gasteiger partial charge in [-0.3, -0.25) is 4.79 Å². The maximum Gasteiger partial charge on any atom is 0.260 e. The molecule has 0 aliphatic carbocycles. The van der Waals surface area contributed by atoms with E-state index in [2.05, 4.69) is 0 Å². The summed E-state index contributed by atoms with van der Waals surface area (Å²) < 4.78 is 31.3. The van der Waals surface area contributed by atoms with Gasteiger partial charge in [-0.25, -0.2) is 8.78 Å². The number of nitrogens with zero attached hydrogens (tertiary/aromatic N) is 1. The van der Waals surface area contributed by atoms with Crippen LogP contribution in [0.4, 0.5) is 8.78 Å². The largest absolute Gasteiger partial charge is 0.481 e. The van der Waals surface area contributed by atoms with Gasteiger partial charge in [-0.2, -0.15) is 0 Å². The number of benzene rings is 1. The molecule has 6 heteroatoms. The van der Waals surface area contributed by atoms with Crippen molar-refractivity contribution in [3.8, 4) is 5.75 Å². The molecule has 2 N–H and O–H groups in total. The number of likely N-dealkylation sites (tertiary alicyclic amines) is 1. The first-order chi connectivity index (χ1) is 9.97. The maximum absolute atomic E-state index is 13.4. The molecule has 1 aromatic carbocycles. The first-order valence-corrected chi connectivity index (χ1v) is 7.08. The smallest absolute Gasteiger partial charge is 0.260 e. The summed E-state index contributed by atoms with van der Waals surface area (Å²) in [6.07, 6.45) is 1.91. The Kier molecular flexibility index (Phi) is 5.12. The molecule has 0 spiro atoms. The third-order valence-corrected chi connectivity index (χ3v) is 3.80. The number of nitrogens with two attached hydrogens (primary N) is 1. The van der Waals surface area contributed by atoms with Crippen LogP contribution in [0.2, 0.25) is 0 Å². The molecule has 0 saturated carbocycles. The summed E-state index contributed by atoms with van der Waals surface area (Å²) in [5.41, 5.74) is 5.87. The van der Waals surface area contributed by atoms with Crippen molar-refractivity contribution in [2.45, 2.75) is 25.8 Å². The number of amides is 1. The van der Waals surface area contributed by atoms with Crippen molar-refractivity contribution in [3.05, 3.63) is 29.8 Å². The molecule has 0 unspecified atom stereocenters. The number of carbonyl (C=O) groups excluding carboxylic acids is 1. The van der Waals surface area contributed by atoms with Crippen LogP contribution in [0.1, 0.15) is 19.8 Å². The highest BCUT2D eigenvalue weighted by Crippen LogP contribution is 2.20. The van der Waals surface area contributed by atoms with E-state index in [4.69, 9.17) is 10.5 Å². The SMILES string of the molecule is C[C@H](N)[C@H]1CCCN(C(=O)COc2ccc(F)cc2F)C1. The zero-order valence-corrected chi connectivity index (χ0v) is 12.0. The van der Waals surface area contributed by atoms with Crippen molar-refractivity contribution in [3.63, 3.8) is 0 Å². The predicted molar refractivity (Wildman–Crippen MR) is 74.8 cm³/mol. The third kappa shape index (κ3) is 4.14. The van der Waals surface area contributed by atoms with Gasteiger partial charge in [0.25, 0.3) is 5.91 Å². The van der Waals surface area contributed by atoms with E-state index in [-0.39, 0.29) is 30.2 Å². The zero-order valence-electron chi connectivity index (χ0n) is 12.0. The van der Waals surface area contributed by atoms with E-state index < -0.39 is 11.6 Å². The minimum atomic E-state index is -0.810. The van der Waals surface area contributed by atoms with Gasteiger partial charge >= 0.3 is 0 Å². The van der Waals surface area contributed by atoms with E-state index in [0.717, 1.165) is 25.0 Å². The quantitative estimate of drug-likeness (QED) is 0.924. The molecule has 1 heterocycles. The number of carbonyl (C=O) groups is 1. The van der Waals surface area contributed by atoms with E-state index in [1.165, 1.54) is 6.07 Å². The lowest BCUT2D eigenvalue weighted by Gasteiger charge is -2.34. The van der Waals surface area contributed by atoms with Crippen LogP contribution < -0.4 is 10.5 Å². The average molecular weight is 298 g/mol. The Bertz CT molecular complexity index is 508. The van der Waals surface area contributed by atoms with Gasteiger partial charge in [0.05, 0.1) is 0 Å². The van der Waals surface area contributed by atoms with Gasteiger partial charge in [0, 0.05) is 25.2 Å². The standard InChI is InChI=1S/C15H20F2N2O2/c1-10(18)11-3-2-6-19(8-11)15(20)9-21-14-5-4-12(16)7-13(14)17/h4-5,7,10-11H,2-3,6,8-9,18H2,1H3/t10-,11-/m0/s1. The Morgan fingerprint density at radius 3 is 2.95 bits per heavy atom. The topological polar surface area (TPSA) is 55.6 Å². The van der Waals surface area contributed by atoms with Crippen molar-refractivity contribution in [2.75, 3.05) is 19.7 Å². The first-order valence-electron chi connectivity index (χ1n) is 7.08. The van der Waals surface area contributed by atoms with E-state index >= 15 is 0 Å². The molecule has 0 aromatic heterocycles. The number of piperidine rings is 1. The fraction of sp³-hybridized carbons (Fsp3) is 0.533. The van der Waals surface area contributed by atoms with Crippen LogP contribution in [0, 0.1) is 17.6 Å². The van der Waals surface area contributed by atoms with Gasteiger partial charge in [0.2, 0.25) is 0 Å². The molecule has 1 aliphatic heterocycles. The van der Waals surface area contributed by atoms with Crippen LogP contribution in [-0.2, 0) is 4.79 Å². The molecule has 2 rings (SSSR count). The van der Waals surface area contributed by atoms with Gasteiger partial charge in [-0.1, -0.05) is 0 Å². The zero-order chi connectivity index (χ0) is 15.4. The van der Waals surface area contributed by atoms with Crippen molar-refractivity contribution >= 4 is 5.91 Å². The first kappa shape index (κ1) is 15.7. The van der Waals surface area contributed by atoms with Crippen LogP contribution in [0.3, 0.4) is 0 Å². The summed E-state index contributed by atoms with van der Waals surface area (Å²) in [5.74, 6) is -1.53. The molecule has 0 radical (unpaired) electrons. The van der Waals surface area contributed by atoms with Crippen LogP contribution in [0.15, 0.2) is 18.2 Å². The Balaban J connectivity index is 1.89. The van der Waals surface area contributed by atoms with Gasteiger partial charge in [-0.15, -0.1) is 0 Å². The Hall–Kier alpha value is -1.69. The third-order valence-electron chi connectivity index (χ3n) is 3.80. The number of ether oxygens (including phenoxy) is 1. The average Bonchev–Trinajstić information content (AvgIpc) is 2.46. The fourth-order valence-corrected chi connectivity index (χ4v) is 2.49. The second-order valence-corrected chi connectivity index (χ2v) is 5.46. The molecule has 1 fully saturated rings. The minimum absolute atomic E-state index is 0.0380. The van der Waals surface area contributed by atoms with E-state index in [1.54, 1.807) is 4.90 Å². The molecule has 2 atom stereocenters. The summed E-state index contributed by atoms with van der Waals surface area (Å²) in [6.45, 7) is 2.94. The van der Waals surface area contributed by atoms with Crippen molar-refractivity contribution in [1.82, 2.24) is 4.90 Å². The number of hydrogen-bond donors (Lipinski definition) is 1. The van der Waals surface area contributed by atoms with E-state index in [9.17, 15) is 13.6 Å². The molecule has 21 heavy (non-hydrogen) atoms. The normalized spacial score (nSPS) is 20.2. The van der Waals surface area contributed by atoms with E-state index in [0.29, 0.717) is 13.1 Å². The highest BCUT2D eigenvalue weighted by atomic mass is 19.1. The number of rotatable bonds is 4. The van der Waals surface area contributed by atoms with Gasteiger partial charge in [-0.05, 0) is 37.8 Å². The Labute approximate surface area is 122 Å². The van der Waals surface area contributed by atoms with Crippen LogP contribution in [-0.4, -0.2) is 36.5 Å². The number of hydrogen-bond acceptors (Lipinski definition) is 3. The summed E-state index contributed by atoms with van der Waals surface area (Å²) in [6, 6.07) is 3.04. The molecule has 1 aromatic rings. The summed E-state index contributed by atoms with van der Waals surface area (Å²) in [5, 5.41) is 0. The maximum atomic E-state index is 13.4. The lowest BCUT2D eigenvalue weighted by atomic mass is 9.92.